The topological polar surface area (TPSA) is 91.4 Å². The smallest absolute Gasteiger partial charge is 0.408 e. The zero-order chi connectivity index (χ0) is 22.1. The first-order chi connectivity index (χ1) is 14.1. The van der Waals surface area contributed by atoms with Crippen LogP contribution in [0.2, 0.25) is 0 Å². The summed E-state index contributed by atoms with van der Waals surface area (Å²) in [6.07, 6.45) is -0.177. The Morgan fingerprint density at radius 2 is 1.93 bits per heavy atom. The molecule has 2 atom stereocenters. The number of ether oxygens (including phenoxy) is 2. The summed E-state index contributed by atoms with van der Waals surface area (Å²) in [7, 11) is 0. The Kier molecular flexibility index (Phi) is 6.15. The number of rotatable bonds is 8. The van der Waals surface area contributed by atoms with Crippen LogP contribution >= 0.6 is 0 Å². The molecule has 0 amide bonds. The number of anilines is 1. The Balaban J connectivity index is 2.02. The largest absolute Gasteiger partial charge is 0.485 e. The lowest BCUT2D eigenvalue weighted by Crippen LogP contribution is -2.33. The van der Waals surface area contributed by atoms with Crippen molar-refractivity contribution in [3.63, 3.8) is 0 Å². The molecule has 164 valence electrons. The Labute approximate surface area is 171 Å². The van der Waals surface area contributed by atoms with Gasteiger partial charge in [0, 0.05) is 18.4 Å². The number of nitrogens with zero attached hydrogens (tertiary/aromatic N) is 6. The average molecular weight is 427 g/mol. The minimum atomic E-state index is -4.43. The van der Waals surface area contributed by atoms with E-state index in [1.807, 2.05) is 27.7 Å². The molecule has 0 saturated carbocycles. The standard InChI is InChI=1S/C18H24F3N7O2/c1-6-29-12(5)27-8-13(7-23-27)14-15(30-10(2)3)16-25-17(26-28(16)9-22-14)24-11(4)18(19,20)21/h7-12H,6H2,1-5H3,(H,24,26)/t11-,12?/m0/s1. The van der Waals surface area contributed by atoms with E-state index in [4.69, 9.17) is 9.47 Å². The maximum atomic E-state index is 12.9. The maximum absolute atomic E-state index is 12.9. The highest BCUT2D eigenvalue weighted by Gasteiger charge is 2.36. The van der Waals surface area contributed by atoms with Crippen molar-refractivity contribution in [3.8, 4) is 17.0 Å². The predicted molar refractivity (Wildman–Crippen MR) is 103 cm³/mol. The number of hydrogen-bond donors (Lipinski definition) is 1. The molecule has 9 nitrogen and oxygen atoms in total. The lowest BCUT2D eigenvalue weighted by Gasteiger charge is -2.15. The van der Waals surface area contributed by atoms with Gasteiger partial charge in [0.1, 0.15) is 24.3 Å². The van der Waals surface area contributed by atoms with Crippen LogP contribution in [0, 0.1) is 0 Å². The second kappa shape index (κ2) is 8.46. The molecule has 0 aliphatic heterocycles. The fourth-order valence-corrected chi connectivity index (χ4v) is 2.70. The summed E-state index contributed by atoms with van der Waals surface area (Å²) >= 11 is 0. The summed E-state index contributed by atoms with van der Waals surface area (Å²) in [5.41, 5.74) is 1.35. The van der Waals surface area contributed by atoms with Crippen LogP contribution in [-0.4, -0.2) is 54.3 Å². The van der Waals surface area contributed by atoms with Crippen molar-refractivity contribution >= 4 is 11.6 Å². The van der Waals surface area contributed by atoms with Gasteiger partial charge in [-0.3, -0.25) is 0 Å². The van der Waals surface area contributed by atoms with Crippen LogP contribution in [0.4, 0.5) is 19.1 Å². The van der Waals surface area contributed by atoms with Gasteiger partial charge in [0.25, 0.3) is 0 Å². The van der Waals surface area contributed by atoms with Crippen LogP contribution in [0.15, 0.2) is 18.7 Å². The molecule has 3 rings (SSSR count). The summed E-state index contributed by atoms with van der Waals surface area (Å²) < 4.78 is 53.0. The van der Waals surface area contributed by atoms with Crippen LogP contribution in [0.5, 0.6) is 5.75 Å². The summed E-state index contributed by atoms with van der Waals surface area (Å²) in [6, 6.07) is -1.81. The number of fused-ring (bicyclic) bond motifs is 1. The number of nitrogens with one attached hydrogen (secondary N) is 1. The molecule has 0 radical (unpaired) electrons. The van der Waals surface area contributed by atoms with E-state index in [1.165, 1.54) is 10.8 Å². The van der Waals surface area contributed by atoms with E-state index < -0.39 is 12.2 Å². The molecule has 3 aromatic rings. The summed E-state index contributed by atoms with van der Waals surface area (Å²) in [6.45, 7) is 8.94. The first-order valence-corrected chi connectivity index (χ1v) is 9.51. The van der Waals surface area contributed by atoms with Gasteiger partial charge >= 0.3 is 6.18 Å². The van der Waals surface area contributed by atoms with Crippen molar-refractivity contribution < 1.29 is 22.6 Å². The van der Waals surface area contributed by atoms with Crippen molar-refractivity contribution in [2.45, 2.75) is 59.2 Å². The molecule has 0 fully saturated rings. The van der Waals surface area contributed by atoms with E-state index in [0.29, 0.717) is 23.6 Å². The van der Waals surface area contributed by atoms with Gasteiger partial charge in [0.15, 0.2) is 5.75 Å². The fraction of sp³-hybridized carbons (Fsp3) is 0.556. The zero-order valence-corrected chi connectivity index (χ0v) is 17.3. The lowest BCUT2D eigenvalue weighted by atomic mass is 10.2. The van der Waals surface area contributed by atoms with E-state index in [1.54, 1.807) is 17.1 Å². The van der Waals surface area contributed by atoms with Crippen LogP contribution in [-0.2, 0) is 4.74 Å². The SMILES string of the molecule is CCOC(C)n1cc(-c2ncn3nc(N[C@@H](C)C(F)(F)F)nc3c2OC(C)C)cn1. The van der Waals surface area contributed by atoms with Crippen LogP contribution in [0.1, 0.15) is 40.8 Å². The summed E-state index contributed by atoms with van der Waals surface area (Å²) in [4.78, 5) is 8.58. The third-order valence-electron chi connectivity index (χ3n) is 4.19. The van der Waals surface area contributed by atoms with Gasteiger partial charge in [-0.1, -0.05) is 0 Å². The molecule has 0 saturated heterocycles. The van der Waals surface area contributed by atoms with E-state index in [9.17, 15) is 13.2 Å². The Bertz CT molecular complexity index is 999. The van der Waals surface area contributed by atoms with Gasteiger partial charge < -0.3 is 14.8 Å². The Morgan fingerprint density at radius 1 is 1.20 bits per heavy atom. The van der Waals surface area contributed by atoms with E-state index in [-0.39, 0.29) is 23.9 Å². The van der Waals surface area contributed by atoms with Gasteiger partial charge in [-0.05, 0) is 34.6 Å². The molecular weight excluding hydrogens is 403 g/mol. The highest BCUT2D eigenvalue weighted by Crippen LogP contribution is 2.33. The van der Waals surface area contributed by atoms with Crippen molar-refractivity contribution in [3.05, 3.63) is 18.7 Å². The van der Waals surface area contributed by atoms with Crippen LogP contribution < -0.4 is 10.1 Å². The molecule has 1 N–H and O–H groups in total. The zero-order valence-electron chi connectivity index (χ0n) is 17.3. The van der Waals surface area contributed by atoms with E-state index >= 15 is 0 Å². The Morgan fingerprint density at radius 3 is 2.57 bits per heavy atom. The van der Waals surface area contributed by atoms with Gasteiger partial charge in [-0.15, -0.1) is 5.10 Å². The first kappa shape index (κ1) is 21.8. The van der Waals surface area contributed by atoms with Crippen LogP contribution in [0.3, 0.4) is 0 Å². The van der Waals surface area contributed by atoms with Crippen molar-refractivity contribution in [2.75, 3.05) is 11.9 Å². The minimum absolute atomic E-state index is 0.173. The fourth-order valence-electron chi connectivity index (χ4n) is 2.70. The maximum Gasteiger partial charge on any atom is 0.408 e. The van der Waals surface area contributed by atoms with E-state index in [0.717, 1.165) is 6.92 Å². The van der Waals surface area contributed by atoms with Gasteiger partial charge in [0.05, 0.1) is 12.3 Å². The molecule has 0 bridgehead atoms. The third-order valence-corrected chi connectivity index (χ3v) is 4.19. The molecule has 3 heterocycles. The molecule has 0 aliphatic carbocycles. The van der Waals surface area contributed by atoms with Gasteiger partial charge in [-0.25, -0.2) is 9.67 Å². The average Bonchev–Trinajstić information content (AvgIpc) is 3.28. The summed E-state index contributed by atoms with van der Waals surface area (Å²) in [5, 5.41) is 10.6. The third kappa shape index (κ3) is 4.64. The molecule has 0 aliphatic rings. The number of alkyl halides is 3. The normalized spacial score (nSPS) is 14.3. The second-order valence-corrected chi connectivity index (χ2v) is 6.96. The highest BCUT2D eigenvalue weighted by molar-refractivity contribution is 5.74. The molecule has 0 aromatic carbocycles. The quantitative estimate of drug-likeness (QED) is 0.586. The molecular formula is C18H24F3N7O2. The molecule has 3 aromatic heterocycles. The number of halogens is 3. The highest BCUT2D eigenvalue weighted by atomic mass is 19.4. The van der Waals surface area contributed by atoms with Gasteiger partial charge in [-0.2, -0.15) is 27.8 Å². The van der Waals surface area contributed by atoms with Gasteiger partial charge in [0.2, 0.25) is 11.6 Å². The van der Waals surface area contributed by atoms with Crippen LogP contribution in [0.25, 0.3) is 16.9 Å². The molecule has 30 heavy (non-hydrogen) atoms. The molecule has 12 heteroatoms. The lowest BCUT2D eigenvalue weighted by molar-refractivity contribution is -0.138. The van der Waals surface area contributed by atoms with Crippen molar-refractivity contribution in [1.82, 2.24) is 29.4 Å². The second-order valence-electron chi connectivity index (χ2n) is 6.96. The number of aromatic nitrogens is 6. The monoisotopic (exact) mass is 427 g/mol. The minimum Gasteiger partial charge on any atom is -0.485 e. The van der Waals surface area contributed by atoms with Crippen molar-refractivity contribution in [2.24, 2.45) is 0 Å². The molecule has 0 spiro atoms. The predicted octanol–water partition coefficient (Wildman–Crippen LogP) is 3.69. The summed E-state index contributed by atoms with van der Waals surface area (Å²) in [5.74, 6) is 0.129. The molecule has 1 unspecified atom stereocenters. The Hall–Kier alpha value is -2.89. The van der Waals surface area contributed by atoms with Crippen molar-refractivity contribution in [1.29, 1.82) is 0 Å². The number of hydrogen-bond acceptors (Lipinski definition) is 7. The van der Waals surface area contributed by atoms with E-state index in [2.05, 4.69) is 25.5 Å². The first-order valence-electron chi connectivity index (χ1n) is 9.51.